The van der Waals surface area contributed by atoms with Gasteiger partial charge in [0, 0.05) is 7.05 Å². The van der Waals surface area contributed by atoms with Gasteiger partial charge >= 0.3 is 0 Å². The number of nitrogens with one attached hydrogen (secondary N) is 2. The molecular weight excluding hydrogens is 274 g/mol. The Balaban J connectivity index is 0.00000180. The van der Waals surface area contributed by atoms with Crippen LogP contribution in [0.2, 0.25) is 0 Å². The van der Waals surface area contributed by atoms with Gasteiger partial charge in [0.05, 0.1) is 5.56 Å². The van der Waals surface area contributed by atoms with Crippen molar-refractivity contribution in [3.05, 3.63) is 34.9 Å². The average molecular weight is 291 g/mol. The van der Waals surface area contributed by atoms with Crippen molar-refractivity contribution in [3.63, 3.8) is 0 Å². The van der Waals surface area contributed by atoms with E-state index in [1.165, 1.54) is 7.05 Å². The molecule has 0 unspecified atom stereocenters. The number of piperidine rings is 1. The lowest BCUT2D eigenvalue weighted by molar-refractivity contribution is 0.0958. The summed E-state index contributed by atoms with van der Waals surface area (Å²) in [4.78, 5) is 11.3. The van der Waals surface area contributed by atoms with Gasteiger partial charge in [-0.15, -0.1) is 12.4 Å². The summed E-state index contributed by atoms with van der Waals surface area (Å²) in [6, 6.07) is 2.15. The third-order valence-corrected chi connectivity index (χ3v) is 3.34. The second-order valence-corrected chi connectivity index (χ2v) is 4.46. The molecule has 1 heterocycles. The molecule has 0 aliphatic carbocycles. The highest BCUT2D eigenvalue weighted by Gasteiger charge is 2.22. The molecule has 1 aliphatic heterocycles. The van der Waals surface area contributed by atoms with Gasteiger partial charge in [-0.25, -0.2) is 8.78 Å². The number of halogens is 3. The minimum Gasteiger partial charge on any atom is -0.355 e. The topological polar surface area (TPSA) is 41.1 Å². The summed E-state index contributed by atoms with van der Waals surface area (Å²) in [6.45, 7) is 1.62. The van der Waals surface area contributed by atoms with Crippen molar-refractivity contribution in [2.45, 2.75) is 18.8 Å². The Hall–Kier alpha value is -1.20. The van der Waals surface area contributed by atoms with Crippen molar-refractivity contribution in [2.24, 2.45) is 0 Å². The first-order valence-electron chi connectivity index (χ1n) is 6.05. The molecule has 0 saturated carbocycles. The minimum atomic E-state index is -0.663. The van der Waals surface area contributed by atoms with Crippen LogP contribution >= 0.6 is 12.4 Å². The van der Waals surface area contributed by atoms with Crippen molar-refractivity contribution in [2.75, 3.05) is 20.1 Å². The van der Waals surface area contributed by atoms with Gasteiger partial charge in [0.15, 0.2) is 0 Å². The molecule has 2 rings (SSSR count). The van der Waals surface area contributed by atoms with Crippen LogP contribution in [0.5, 0.6) is 0 Å². The average Bonchev–Trinajstić information content (AvgIpc) is 2.41. The summed E-state index contributed by atoms with van der Waals surface area (Å²) in [7, 11) is 1.39. The van der Waals surface area contributed by atoms with Crippen LogP contribution in [0.15, 0.2) is 12.1 Å². The lowest BCUT2D eigenvalue weighted by atomic mass is 9.89. The van der Waals surface area contributed by atoms with Crippen molar-refractivity contribution in [3.8, 4) is 0 Å². The number of benzene rings is 1. The fourth-order valence-electron chi connectivity index (χ4n) is 2.32. The van der Waals surface area contributed by atoms with Crippen molar-refractivity contribution < 1.29 is 13.6 Å². The Morgan fingerprint density at radius 1 is 1.26 bits per heavy atom. The molecule has 0 aromatic heterocycles. The zero-order chi connectivity index (χ0) is 13.1. The fourth-order valence-corrected chi connectivity index (χ4v) is 2.32. The highest BCUT2D eigenvalue weighted by Crippen LogP contribution is 2.29. The van der Waals surface area contributed by atoms with Crippen molar-refractivity contribution >= 4 is 18.3 Å². The molecule has 6 heteroatoms. The molecule has 1 fully saturated rings. The minimum absolute atomic E-state index is 0. The quantitative estimate of drug-likeness (QED) is 0.877. The molecule has 1 amide bonds. The summed E-state index contributed by atoms with van der Waals surface area (Å²) >= 11 is 0. The van der Waals surface area contributed by atoms with E-state index in [0.717, 1.165) is 38.1 Å². The largest absolute Gasteiger partial charge is 0.355 e. The van der Waals surface area contributed by atoms with E-state index in [1.807, 2.05) is 0 Å². The molecule has 2 N–H and O–H groups in total. The third-order valence-electron chi connectivity index (χ3n) is 3.34. The van der Waals surface area contributed by atoms with Crippen LogP contribution in [0.3, 0.4) is 0 Å². The molecular formula is C13H17ClF2N2O. The van der Waals surface area contributed by atoms with E-state index in [0.29, 0.717) is 5.56 Å². The van der Waals surface area contributed by atoms with E-state index >= 15 is 0 Å². The summed E-state index contributed by atoms with van der Waals surface area (Å²) in [5.74, 6) is -1.74. The maximum atomic E-state index is 13.9. The highest BCUT2D eigenvalue weighted by atomic mass is 35.5. The molecule has 1 aromatic rings. The van der Waals surface area contributed by atoms with Gasteiger partial charge in [0.25, 0.3) is 5.91 Å². The standard InChI is InChI=1S/C13H16F2N2O.ClH/c1-16-13(18)10-7-11(14)9(6-12(10)15)8-2-4-17-5-3-8;/h6-8,17H,2-5H2,1H3,(H,16,18);1H. The third kappa shape index (κ3) is 3.42. The van der Waals surface area contributed by atoms with E-state index in [4.69, 9.17) is 0 Å². The van der Waals surface area contributed by atoms with E-state index in [-0.39, 0.29) is 23.9 Å². The molecule has 0 radical (unpaired) electrons. The Morgan fingerprint density at radius 2 is 1.89 bits per heavy atom. The van der Waals surface area contributed by atoms with Crippen LogP contribution in [0, 0.1) is 11.6 Å². The first-order chi connectivity index (χ1) is 8.63. The van der Waals surface area contributed by atoms with Crippen LogP contribution in [-0.4, -0.2) is 26.0 Å². The van der Waals surface area contributed by atoms with Crippen molar-refractivity contribution in [1.82, 2.24) is 10.6 Å². The van der Waals surface area contributed by atoms with Gasteiger partial charge in [-0.05, 0) is 49.5 Å². The second-order valence-electron chi connectivity index (χ2n) is 4.46. The predicted molar refractivity (Wildman–Crippen MR) is 71.8 cm³/mol. The molecule has 0 bridgehead atoms. The van der Waals surface area contributed by atoms with Crippen LogP contribution in [0.25, 0.3) is 0 Å². The normalized spacial score (nSPS) is 15.7. The molecule has 19 heavy (non-hydrogen) atoms. The second kappa shape index (κ2) is 6.82. The van der Waals surface area contributed by atoms with Crippen LogP contribution in [-0.2, 0) is 0 Å². The van der Waals surface area contributed by atoms with Crippen LogP contribution in [0.4, 0.5) is 8.78 Å². The summed E-state index contributed by atoms with van der Waals surface area (Å²) in [5, 5.41) is 5.47. The monoisotopic (exact) mass is 290 g/mol. The molecule has 0 spiro atoms. The first kappa shape index (κ1) is 15.9. The molecule has 1 aromatic carbocycles. The van der Waals surface area contributed by atoms with Crippen LogP contribution < -0.4 is 10.6 Å². The van der Waals surface area contributed by atoms with Gasteiger partial charge in [-0.2, -0.15) is 0 Å². The number of carbonyl (C=O) groups excluding carboxylic acids is 1. The Bertz CT molecular complexity index is 462. The van der Waals surface area contributed by atoms with E-state index < -0.39 is 17.5 Å². The van der Waals surface area contributed by atoms with E-state index in [2.05, 4.69) is 10.6 Å². The summed E-state index contributed by atoms with van der Waals surface area (Å²) in [5.41, 5.74) is 0.134. The first-order valence-corrected chi connectivity index (χ1v) is 6.05. The predicted octanol–water partition coefficient (Wildman–Crippen LogP) is 2.21. The Labute approximate surface area is 117 Å². The molecule has 106 valence electrons. The van der Waals surface area contributed by atoms with Gasteiger partial charge in [0.1, 0.15) is 11.6 Å². The zero-order valence-electron chi connectivity index (χ0n) is 10.6. The molecule has 1 saturated heterocycles. The SMILES string of the molecule is CNC(=O)c1cc(F)c(C2CCNCC2)cc1F.Cl. The van der Waals surface area contributed by atoms with E-state index in [1.54, 1.807) is 0 Å². The van der Waals surface area contributed by atoms with Gasteiger partial charge < -0.3 is 10.6 Å². The molecule has 1 aliphatic rings. The fraction of sp³-hybridized carbons (Fsp3) is 0.462. The number of carbonyl (C=O) groups is 1. The van der Waals surface area contributed by atoms with Gasteiger partial charge in [-0.1, -0.05) is 0 Å². The van der Waals surface area contributed by atoms with Gasteiger partial charge in [-0.3, -0.25) is 4.79 Å². The smallest absolute Gasteiger partial charge is 0.254 e. The Kier molecular flexibility index (Phi) is 5.69. The number of hydrogen-bond acceptors (Lipinski definition) is 2. The van der Waals surface area contributed by atoms with Crippen molar-refractivity contribution in [1.29, 1.82) is 0 Å². The van der Waals surface area contributed by atoms with Crippen LogP contribution in [0.1, 0.15) is 34.7 Å². The van der Waals surface area contributed by atoms with E-state index in [9.17, 15) is 13.6 Å². The maximum absolute atomic E-state index is 13.9. The maximum Gasteiger partial charge on any atom is 0.254 e. The lowest BCUT2D eigenvalue weighted by Crippen LogP contribution is -2.27. The molecule has 3 nitrogen and oxygen atoms in total. The Morgan fingerprint density at radius 3 is 2.47 bits per heavy atom. The number of hydrogen-bond donors (Lipinski definition) is 2. The van der Waals surface area contributed by atoms with Gasteiger partial charge in [0.2, 0.25) is 0 Å². The summed E-state index contributed by atoms with van der Waals surface area (Å²) < 4.78 is 27.7. The highest BCUT2D eigenvalue weighted by molar-refractivity contribution is 5.94. The molecule has 0 atom stereocenters. The number of amides is 1. The summed E-state index contributed by atoms with van der Waals surface area (Å²) in [6.07, 6.45) is 1.57. The number of rotatable bonds is 2. The lowest BCUT2D eigenvalue weighted by Gasteiger charge is -2.23. The zero-order valence-corrected chi connectivity index (χ0v) is 11.4.